The van der Waals surface area contributed by atoms with Crippen LogP contribution in [0.2, 0.25) is 0 Å². The van der Waals surface area contributed by atoms with Gasteiger partial charge < -0.3 is 14.6 Å². The fourth-order valence-corrected chi connectivity index (χ4v) is 4.55. The minimum Gasteiger partial charge on any atom is -0.479 e. The summed E-state index contributed by atoms with van der Waals surface area (Å²) in [6.07, 6.45) is -0.0211. The Kier molecular flexibility index (Phi) is 7.01. The van der Waals surface area contributed by atoms with Gasteiger partial charge in [0.2, 0.25) is 0 Å². The van der Waals surface area contributed by atoms with E-state index in [1.807, 2.05) is 31.2 Å². The van der Waals surface area contributed by atoms with Crippen molar-refractivity contribution < 1.29 is 24.2 Å². The summed E-state index contributed by atoms with van der Waals surface area (Å²) in [5, 5.41) is 10.1. The monoisotopic (exact) mass is 425 g/mol. The molecule has 6 nitrogen and oxygen atoms in total. The highest BCUT2D eigenvalue weighted by atomic mass is 16.6. The van der Waals surface area contributed by atoms with Gasteiger partial charge in [-0.1, -0.05) is 69.3 Å². The van der Waals surface area contributed by atoms with Crippen LogP contribution in [-0.2, 0) is 14.3 Å². The van der Waals surface area contributed by atoms with Crippen molar-refractivity contribution in [1.29, 1.82) is 0 Å². The third-order valence-electron chi connectivity index (χ3n) is 6.18. The van der Waals surface area contributed by atoms with E-state index in [1.54, 1.807) is 13.8 Å². The van der Waals surface area contributed by atoms with Gasteiger partial charge in [0.05, 0.1) is 6.61 Å². The Bertz CT molecular complexity index is 896. The van der Waals surface area contributed by atoms with E-state index in [0.29, 0.717) is 6.42 Å². The number of fused-ring (bicyclic) bond motifs is 3. The zero-order valence-electron chi connectivity index (χ0n) is 18.6. The molecule has 0 saturated carbocycles. The van der Waals surface area contributed by atoms with Crippen LogP contribution in [-0.4, -0.2) is 54.5 Å². The number of hydrogen-bond acceptors (Lipinski definition) is 4. The van der Waals surface area contributed by atoms with Crippen LogP contribution in [0.5, 0.6) is 0 Å². The number of ether oxygens (including phenoxy) is 2. The van der Waals surface area contributed by atoms with Crippen LogP contribution in [0.3, 0.4) is 0 Å². The quantitative estimate of drug-likeness (QED) is 0.626. The zero-order valence-corrected chi connectivity index (χ0v) is 18.6. The zero-order chi connectivity index (χ0) is 22.6. The van der Waals surface area contributed by atoms with E-state index in [9.17, 15) is 14.7 Å². The molecular weight excluding hydrogens is 394 g/mol. The van der Waals surface area contributed by atoms with E-state index in [0.717, 1.165) is 22.3 Å². The summed E-state index contributed by atoms with van der Waals surface area (Å²) in [4.78, 5) is 26.9. The Labute approximate surface area is 183 Å². The molecule has 0 fully saturated rings. The van der Waals surface area contributed by atoms with Gasteiger partial charge in [0.25, 0.3) is 0 Å². The highest BCUT2D eigenvalue weighted by Gasteiger charge is 2.50. The second-order valence-corrected chi connectivity index (χ2v) is 8.27. The first-order valence-corrected chi connectivity index (χ1v) is 10.7. The predicted molar refractivity (Wildman–Crippen MR) is 119 cm³/mol. The number of hydrogen-bond donors (Lipinski definition) is 1. The van der Waals surface area contributed by atoms with Gasteiger partial charge in [0.15, 0.2) is 5.54 Å². The highest BCUT2D eigenvalue weighted by molar-refractivity contribution is 5.85. The number of carbonyl (C=O) groups excluding carboxylic acids is 1. The van der Waals surface area contributed by atoms with Gasteiger partial charge >= 0.3 is 12.1 Å². The maximum absolute atomic E-state index is 13.2. The van der Waals surface area contributed by atoms with Crippen LogP contribution >= 0.6 is 0 Å². The fourth-order valence-electron chi connectivity index (χ4n) is 4.55. The lowest BCUT2D eigenvalue weighted by atomic mass is 9.85. The number of amides is 1. The number of carboxylic acid groups (broad SMARTS) is 1. The molecular formula is C25H31NO5. The molecule has 1 unspecified atom stereocenters. The fraction of sp³-hybridized carbons (Fsp3) is 0.440. The summed E-state index contributed by atoms with van der Waals surface area (Å²) in [6.45, 7) is 5.78. The average Bonchev–Trinajstić information content (AvgIpc) is 3.08. The van der Waals surface area contributed by atoms with Gasteiger partial charge in [-0.25, -0.2) is 9.59 Å². The van der Waals surface area contributed by atoms with Crippen molar-refractivity contribution in [1.82, 2.24) is 4.90 Å². The lowest BCUT2D eigenvalue weighted by molar-refractivity contribution is -0.158. The molecule has 0 aliphatic heterocycles. The molecule has 0 aromatic heterocycles. The first-order chi connectivity index (χ1) is 14.9. The second kappa shape index (κ2) is 9.52. The summed E-state index contributed by atoms with van der Waals surface area (Å²) < 4.78 is 11.0. The lowest BCUT2D eigenvalue weighted by Gasteiger charge is -2.42. The number of aliphatic carboxylic acids is 1. The Morgan fingerprint density at radius 1 is 1.06 bits per heavy atom. The van der Waals surface area contributed by atoms with Crippen molar-refractivity contribution in [3.05, 3.63) is 59.7 Å². The molecule has 0 spiro atoms. The SMILES string of the molecule is CCCN(C(=O)OCC1c2ccccc2-c2ccccc21)C(COC)(C(=O)O)C(C)C. The molecule has 31 heavy (non-hydrogen) atoms. The molecule has 0 heterocycles. The van der Waals surface area contributed by atoms with Gasteiger partial charge in [-0.15, -0.1) is 0 Å². The number of nitrogens with zero attached hydrogens (tertiary/aromatic N) is 1. The summed E-state index contributed by atoms with van der Waals surface area (Å²) in [5.74, 6) is -1.54. The Morgan fingerprint density at radius 2 is 1.61 bits per heavy atom. The van der Waals surface area contributed by atoms with Crippen LogP contribution in [0.25, 0.3) is 11.1 Å². The normalized spacial score (nSPS) is 14.6. The highest BCUT2D eigenvalue weighted by Crippen LogP contribution is 2.44. The summed E-state index contributed by atoms with van der Waals surface area (Å²) in [7, 11) is 1.45. The second-order valence-electron chi connectivity index (χ2n) is 8.27. The summed E-state index contributed by atoms with van der Waals surface area (Å²) in [5.41, 5.74) is 3.03. The number of rotatable bonds is 9. The van der Waals surface area contributed by atoms with Crippen molar-refractivity contribution in [2.45, 2.75) is 38.6 Å². The molecule has 166 valence electrons. The molecule has 3 rings (SSSR count). The first-order valence-electron chi connectivity index (χ1n) is 10.7. The van der Waals surface area contributed by atoms with E-state index in [1.165, 1.54) is 12.0 Å². The van der Waals surface area contributed by atoms with Crippen LogP contribution < -0.4 is 0 Å². The maximum atomic E-state index is 13.2. The Hall–Kier alpha value is -2.86. The molecule has 1 amide bonds. The van der Waals surface area contributed by atoms with Crippen molar-refractivity contribution in [2.24, 2.45) is 5.92 Å². The largest absolute Gasteiger partial charge is 0.479 e. The van der Waals surface area contributed by atoms with E-state index >= 15 is 0 Å². The molecule has 0 saturated heterocycles. The van der Waals surface area contributed by atoms with Crippen molar-refractivity contribution >= 4 is 12.1 Å². The smallest absolute Gasteiger partial charge is 0.410 e. The van der Waals surface area contributed by atoms with Crippen LogP contribution in [0.4, 0.5) is 4.79 Å². The lowest BCUT2D eigenvalue weighted by Crippen LogP contribution is -2.63. The first kappa shape index (κ1) is 22.8. The van der Waals surface area contributed by atoms with Crippen molar-refractivity contribution in [3.8, 4) is 11.1 Å². The number of carbonyl (C=O) groups is 2. The molecule has 2 aromatic carbocycles. The average molecular weight is 426 g/mol. The number of carboxylic acids is 1. The van der Waals surface area contributed by atoms with Gasteiger partial charge in [0, 0.05) is 19.6 Å². The molecule has 1 atom stereocenters. The van der Waals surface area contributed by atoms with E-state index < -0.39 is 17.6 Å². The molecule has 1 aliphatic rings. The van der Waals surface area contributed by atoms with E-state index in [2.05, 4.69) is 24.3 Å². The van der Waals surface area contributed by atoms with Crippen molar-refractivity contribution in [2.75, 3.05) is 26.9 Å². The summed E-state index contributed by atoms with van der Waals surface area (Å²) >= 11 is 0. The third-order valence-corrected chi connectivity index (χ3v) is 6.18. The molecule has 0 radical (unpaired) electrons. The Morgan fingerprint density at radius 3 is 2.06 bits per heavy atom. The molecule has 2 aromatic rings. The topological polar surface area (TPSA) is 76.1 Å². The number of methoxy groups -OCH3 is 1. The predicted octanol–water partition coefficient (Wildman–Crippen LogP) is 4.77. The third kappa shape index (κ3) is 4.04. The van der Waals surface area contributed by atoms with Crippen LogP contribution in [0.15, 0.2) is 48.5 Å². The minimum atomic E-state index is -1.49. The Balaban J connectivity index is 1.88. The molecule has 0 bridgehead atoms. The number of benzene rings is 2. The van der Waals surface area contributed by atoms with Crippen LogP contribution in [0, 0.1) is 5.92 Å². The van der Waals surface area contributed by atoms with Crippen molar-refractivity contribution in [3.63, 3.8) is 0 Å². The molecule has 1 aliphatic carbocycles. The van der Waals surface area contributed by atoms with Gasteiger partial charge in [0.1, 0.15) is 6.61 Å². The maximum Gasteiger partial charge on any atom is 0.410 e. The van der Waals surface area contributed by atoms with E-state index in [-0.39, 0.29) is 31.6 Å². The van der Waals surface area contributed by atoms with Crippen LogP contribution in [0.1, 0.15) is 44.2 Å². The molecule has 6 heteroatoms. The van der Waals surface area contributed by atoms with Gasteiger partial charge in [-0.2, -0.15) is 0 Å². The van der Waals surface area contributed by atoms with Gasteiger partial charge in [-0.3, -0.25) is 4.90 Å². The standard InChI is InChI=1S/C25H31NO5/c1-5-14-26(25(16-30-4,17(2)3)23(27)28)24(29)31-15-22-20-12-8-6-10-18(20)19-11-7-9-13-21(19)22/h6-13,17,22H,5,14-16H2,1-4H3,(H,27,28). The summed E-state index contributed by atoms with van der Waals surface area (Å²) in [6, 6.07) is 16.2. The van der Waals surface area contributed by atoms with E-state index in [4.69, 9.17) is 9.47 Å². The molecule has 1 N–H and O–H groups in total. The van der Waals surface area contributed by atoms with Gasteiger partial charge in [-0.05, 0) is 34.6 Å². The minimum absolute atomic E-state index is 0.0828.